The molecule has 0 heterocycles. The second kappa shape index (κ2) is 3.82. The van der Waals surface area contributed by atoms with Crippen LogP contribution in [0.15, 0.2) is 0 Å². The monoisotopic (exact) mass is 96.0 g/mol. The highest BCUT2D eigenvalue weighted by atomic mass is 32.0. The second-order valence-electron chi connectivity index (χ2n) is 0.362. The van der Waals surface area contributed by atoms with Crippen LogP contribution in [0.5, 0.6) is 0 Å². The van der Waals surface area contributed by atoms with Crippen molar-refractivity contribution < 1.29 is 5.11 Å². The third-order valence-corrected chi connectivity index (χ3v) is 0.822. The first-order valence-electron chi connectivity index (χ1n) is 0.958. The zero-order chi connectivity index (χ0) is 3.41. The first kappa shape index (κ1) is 4.82. The van der Waals surface area contributed by atoms with Gasteiger partial charge < -0.3 is 5.11 Å². The zero-order valence-electron chi connectivity index (χ0n) is 2.23. The average Bonchev–Trinajstić information content (AvgIpc) is 1.37. The molecule has 0 rings (SSSR count). The van der Waals surface area contributed by atoms with Gasteiger partial charge >= 0.3 is 0 Å². The van der Waals surface area contributed by atoms with Gasteiger partial charge in [-0.3, -0.25) is 0 Å². The summed E-state index contributed by atoms with van der Waals surface area (Å²) >= 11 is 0. The van der Waals surface area contributed by atoms with Crippen LogP contribution in [0.4, 0.5) is 0 Å². The van der Waals surface area contributed by atoms with Gasteiger partial charge in [0.05, 0.1) is 6.35 Å². The van der Waals surface area contributed by atoms with Gasteiger partial charge in [-0.25, -0.2) is 0 Å². The van der Waals surface area contributed by atoms with E-state index < -0.39 is 0 Å². The number of rotatable bonds is 1. The van der Waals surface area contributed by atoms with Crippen LogP contribution in [0.2, 0.25) is 0 Å². The summed E-state index contributed by atoms with van der Waals surface area (Å²) in [6.45, 7) is 0. The van der Waals surface area contributed by atoms with E-state index in [0.717, 1.165) is 0 Å². The van der Waals surface area contributed by atoms with Gasteiger partial charge in [0.1, 0.15) is 0 Å². The Morgan fingerprint density at radius 3 is 2.25 bits per heavy atom. The van der Waals surface area contributed by atoms with E-state index in [1.165, 1.54) is 0 Å². The van der Waals surface area contributed by atoms with Crippen LogP contribution in [-0.4, -0.2) is 11.5 Å². The first-order valence-corrected chi connectivity index (χ1v) is 3.97. The summed E-state index contributed by atoms with van der Waals surface area (Å²) in [6.07, 6.45) is 0.310. The Hall–Kier alpha value is 0.820. The van der Waals surface area contributed by atoms with Crippen molar-refractivity contribution in [3.8, 4) is 0 Å². The SMILES string of the molecule is OCPP. The standard InChI is InChI=1S/CH6OP2/c2-1-4-3/h2,4H,1,3H2. The normalized spacial score (nSPS) is 10.5. The largest absolute Gasteiger partial charge is 0.392 e. The quantitative estimate of drug-likeness (QED) is 0.468. The van der Waals surface area contributed by atoms with Gasteiger partial charge in [0.25, 0.3) is 0 Å². The van der Waals surface area contributed by atoms with Crippen LogP contribution in [0.3, 0.4) is 0 Å². The molecule has 26 valence electrons. The van der Waals surface area contributed by atoms with E-state index in [1.807, 2.05) is 0 Å². The second-order valence-corrected chi connectivity index (χ2v) is 2.31. The van der Waals surface area contributed by atoms with E-state index >= 15 is 0 Å². The molecule has 4 heavy (non-hydrogen) atoms. The van der Waals surface area contributed by atoms with Crippen LogP contribution < -0.4 is 0 Å². The van der Waals surface area contributed by atoms with Crippen LogP contribution >= 0.6 is 17.2 Å². The number of aliphatic hydroxyl groups excluding tert-OH is 1. The molecule has 3 heteroatoms. The minimum absolute atomic E-state index is 0.310. The lowest BCUT2D eigenvalue weighted by Gasteiger charge is -1.70. The molecule has 2 atom stereocenters. The van der Waals surface area contributed by atoms with Crippen LogP contribution in [0.25, 0.3) is 0 Å². The van der Waals surface area contributed by atoms with Crippen molar-refractivity contribution in [3.63, 3.8) is 0 Å². The number of aliphatic hydroxyl groups is 1. The van der Waals surface area contributed by atoms with Crippen molar-refractivity contribution in [2.24, 2.45) is 0 Å². The summed E-state index contributed by atoms with van der Waals surface area (Å²) < 4.78 is 0. The molecule has 0 radical (unpaired) electrons. The van der Waals surface area contributed by atoms with Gasteiger partial charge in [-0.1, -0.05) is 8.27 Å². The molecule has 0 fully saturated rings. The maximum Gasteiger partial charge on any atom is 0.0631 e. The molecule has 0 aromatic heterocycles. The summed E-state index contributed by atoms with van der Waals surface area (Å²) in [5, 5.41) is 7.87. The van der Waals surface area contributed by atoms with Crippen molar-refractivity contribution in [2.45, 2.75) is 0 Å². The van der Waals surface area contributed by atoms with Gasteiger partial charge in [0.15, 0.2) is 0 Å². The van der Waals surface area contributed by atoms with Gasteiger partial charge in [0.2, 0.25) is 0 Å². The van der Waals surface area contributed by atoms with E-state index in [2.05, 4.69) is 8.93 Å². The maximum atomic E-state index is 7.87. The zero-order valence-corrected chi connectivity index (χ0v) is 4.39. The Bertz CT molecular complexity index is 8.00. The van der Waals surface area contributed by atoms with E-state index in [0.29, 0.717) is 14.6 Å². The average molecular weight is 96.0 g/mol. The molecule has 2 unspecified atom stereocenters. The van der Waals surface area contributed by atoms with Gasteiger partial charge in [-0.2, -0.15) is 0 Å². The molecule has 0 bridgehead atoms. The van der Waals surface area contributed by atoms with Crippen LogP contribution in [0, 0.1) is 0 Å². The minimum atomic E-state index is 0.310. The van der Waals surface area contributed by atoms with Crippen LogP contribution in [-0.2, 0) is 0 Å². The fourth-order valence-electron chi connectivity index (χ4n) is 0. The molecule has 0 saturated heterocycles. The summed E-state index contributed by atoms with van der Waals surface area (Å²) in [6, 6.07) is 0. The topological polar surface area (TPSA) is 20.2 Å². The van der Waals surface area contributed by atoms with E-state index in [9.17, 15) is 0 Å². The third kappa shape index (κ3) is 2.82. The minimum Gasteiger partial charge on any atom is -0.392 e. The van der Waals surface area contributed by atoms with Gasteiger partial charge in [0, 0.05) is 0 Å². The summed E-state index contributed by atoms with van der Waals surface area (Å²) in [5.41, 5.74) is 0. The van der Waals surface area contributed by atoms with E-state index in [1.54, 1.807) is 0 Å². The molecular weight excluding hydrogens is 90.0 g/mol. The molecule has 0 aliphatic rings. The van der Waals surface area contributed by atoms with E-state index in [4.69, 9.17) is 5.11 Å². The lowest BCUT2D eigenvalue weighted by Crippen LogP contribution is -1.52. The molecule has 0 amide bonds. The lowest BCUT2D eigenvalue weighted by atomic mass is 11.7. The Kier molecular flexibility index (Phi) is 4.60. The van der Waals surface area contributed by atoms with Gasteiger partial charge in [-0.15, -0.1) is 8.93 Å². The Morgan fingerprint density at radius 1 is 2.00 bits per heavy atom. The third-order valence-electron chi connectivity index (χ3n) is 0.0913. The highest BCUT2D eigenvalue weighted by molar-refractivity contribution is 8.02. The molecule has 0 aliphatic carbocycles. The lowest BCUT2D eigenvalue weighted by molar-refractivity contribution is 0.374. The fourth-order valence-corrected chi connectivity index (χ4v) is 0. The van der Waals surface area contributed by atoms with Crippen molar-refractivity contribution in [2.75, 3.05) is 6.35 Å². The Balaban J connectivity index is 1.97. The highest BCUT2D eigenvalue weighted by Gasteiger charge is 1.55. The van der Waals surface area contributed by atoms with Crippen molar-refractivity contribution in [1.29, 1.82) is 0 Å². The van der Waals surface area contributed by atoms with Crippen molar-refractivity contribution >= 4 is 17.2 Å². The molecule has 0 aromatic carbocycles. The summed E-state index contributed by atoms with van der Waals surface area (Å²) in [4.78, 5) is 0. The first-order chi connectivity index (χ1) is 1.91. The van der Waals surface area contributed by atoms with E-state index in [-0.39, 0.29) is 0 Å². The predicted molar refractivity (Wildman–Crippen MR) is 25.1 cm³/mol. The number of hydrogen-bond donors (Lipinski definition) is 1. The smallest absolute Gasteiger partial charge is 0.0631 e. The Labute approximate surface area is 29.7 Å². The molecule has 1 nitrogen and oxygen atoms in total. The highest BCUT2D eigenvalue weighted by Crippen LogP contribution is 2.15. The van der Waals surface area contributed by atoms with Crippen molar-refractivity contribution in [3.05, 3.63) is 0 Å². The molecule has 0 aromatic rings. The number of hydrogen-bond acceptors (Lipinski definition) is 1. The maximum absolute atomic E-state index is 7.87. The molecule has 0 spiro atoms. The molecule has 0 saturated carbocycles. The van der Waals surface area contributed by atoms with Crippen LogP contribution in [0.1, 0.15) is 0 Å². The van der Waals surface area contributed by atoms with Gasteiger partial charge in [-0.05, 0) is 0 Å². The van der Waals surface area contributed by atoms with Crippen molar-refractivity contribution in [1.82, 2.24) is 0 Å². The molecular formula is CH6OP2. The Morgan fingerprint density at radius 2 is 2.25 bits per heavy atom. The fraction of sp³-hybridized carbons (Fsp3) is 1.00. The summed E-state index contributed by atoms with van der Waals surface area (Å²) in [5.74, 6) is 0. The predicted octanol–water partition coefficient (Wildman–Crippen LogP) is 0.405. The molecule has 1 N–H and O–H groups in total. The summed E-state index contributed by atoms with van der Waals surface area (Å²) in [7, 11) is 3.05. The molecule has 0 aliphatic heterocycles.